The van der Waals surface area contributed by atoms with Crippen molar-refractivity contribution in [2.24, 2.45) is 5.92 Å². The number of benzene rings is 2. The number of piperidine rings is 1. The molecule has 28 heavy (non-hydrogen) atoms. The van der Waals surface area contributed by atoms with E-state index in [4.69, 9.17) is 0 Å². The molecule has 0 N–H and O–H groups in total. The maximum absolute atomic E-state index is 13.3. The standard InChI is InChI=1S/C21H25FN2O3S/c1-16-3-7-19(8-4-16)24(15-21(25)23-13-11-17(2)12-14-23)28(26,27)20-9-5-18(22)6-10-20/h3-10,17H,11-15H2,1-2H3. The molecule has 150 valence electrons. The molecule has 0 spiro atoms. The Morgan fingerprint density at radius 1 is 1.07 bits per heavy atom. The van der Waals surface area contributed by atoms with Crippen molar-refractivity contribution in [3.8, 4) is 0 Å². The lowest BCUT2D eigenvalue weighted by Crippen LogP contribution is -2.45. The summed E-state index contributed by atoms with van der Waals surface area (Å²) in [6.45, 7) is 5.05. The Morgan fingerprint density at radius 2 is 1.64 bits per heavy atom. The number of hydrogen-bond donors (Lipinski definition) is 0. The van der Waals surface area contributed by atoms with Crippen LogP contribution in [0.5, 0.6) is 0 Å². The van der Waals surface area contributed by atoms with Gasteiger partial charge in [0.2, 0.25) is 5.91 Å². The second kappa shape index (κ2) is 8.31. The quantitative estimate of drug-likeness (QED) is 0.765. The fourth-order valence-electron chi connectivity index (χ4n) is 3.24. The van der Waals surface area contributed by atoms with E-state index in [1.165, 1.54) is 12.1 Å². The molecule has 2 aromatic carbocycles. The third kappa shape index (κ3) is 4.52. The second-order valence-corrected chi connectivity index (χ2v) is 9.23. The number of likely N-dealkylation sites (tertiary alicyclic amines) is 1. The molecule has 0 atom stereocenters. The van der Waals surface area contributed by atoms with Gasteiger partial charge in [0.25, 0.3) is 10.0 Å². The zero-order valence-corrected chi connectivity index (χ0v) is 17.0. The van der Waals surface area contributed by atoms with Crippen molar-refractivity contribution in [3.05, 3.63) is 59.9 Å². The minimum Gasteiger partial charge on any atom is -0.341 e. The van der Waals surface area contributed by atoms with E-state index in [1.54, 1.807) is 29.2 Å². The zero-order valence-electron chi connectivity index (χ0n) is 16.1. The van der Waals surface area contributed by atoms with Crippen molar-refractivity contribution in [2.45, 2.75) is 31.6 Å². The average Bonchev–Trinajstić information content (AvgIpc) is 2.67. The predicted molar refractivity (Wildman–Crippen MR) is 107 cm³/mol. The molecular formula is C21H25FN2O3S. The molecule has 0 aliphatic carbocycles. The Balaban J connectivity index is 1.92. The number of sulfonamides is 1. The van der Waals surface area contributed by atoms with Gasteiger partial charge >= 0.3 is 0 Å². The van der Waals surface area contributed by atoms with Gasteiger partial charge in [-0.1, -0.05) is 24.6 Å². The van der Waals surface area contributed by atoms with Crippen LogP contribution in [-0.4, -0.2) is 38.9 Å². The molecule has 1 amide bonds. The van der Waals surface area contributed by atoms with E-state index in [-0.39, 0.29) is 17.3 Å². The van der Waals surface area contributed by atoms with Gasteiger partial charge in [0.1, 0.15) is 12.4 Å². The Labute approximate surface area is 165 Å². The van der Waals surface area contributed by atoms with Gasteiger partial charge < -0.3 is 4.90 Å². The molecule has 1 heterocycles. The number of amides is 1. The second-order valence-electron chi connectivity index (χ2n) is 7.36. The van der Waals surface area contributed by atoms with Gasteiger partial charge in [-0.15, -0.1) is 0 Å². The van der Waals surface area contributed by atoms with Gasteiger partial charge in [-0.2, -0.15) is 0 Å². The van der Waals surface area contributed by atoms with Crippen molar-refractivity contribution < 1.29 is 17.6 Å². The zero-order chi connectivity index (χ0) is 20.3. The SMILES string of the molecule is Cc1ccc(N(CC(=O)N2CCC(C)CC2)S(=O)(=O)c2ccc(F)cc2)cc1. The number of nitrogens with zero attached hydrogens (tertiary/aromatic N) is 2. The molecule has 0 saturated carbocycles. The average molecular weight is 405 g/mol. The number of rotatable bonds is 5. The summed E-state index contributed by atoms with van der Waals surface area (Å²) in [7, 11) is -4.01. The van der Waals surface area contributed by atoms with E-state index in [9.17, 15) is 17.6 Å². The molecule has 0 aromatic heterocycles. The van der Waals surface area contributed by atoms with E-state index in [2.05, 4.69) is 6.92 Å². The Morgan fingerprint density at radius 3 is 2.21 bits per heavy atom. The summed E-state index contributed by atoms with van der Waals surface area (Å²) in [4.78, 5) is 14.5. The van der Waals surface area contributed by atoms with E-state index < -0.39 is 15.8 Å². The van der Waals surface area contributed by atoms with Crippen LogP contribution < -0.4 is 4.31 Å². The van der Waals surface area contributed by atoms with Crippen molar-refractivity contribution in [2.75, 3.05) is 23.9 Å². The molecule has 1 fully saturated rings. The Kier molecular flexibility index (Phi) is 6.03. The number of hydrogen-bond acceptors (Lipinski definition) is 3. The first kappa shape index (κ1) is 20.3. The summed E-state index contributed by atoms with van der Waals surface area (Å²) >= 11 is 0. The van der Waals surface area contributed by atoms with Crippen LogP contribution in [0.4, 0.5) is 10.1 Å². The van der Waals surface area contributed by atoms with Crippen LogP contribution in [0.3, 0.4) is 0 Å². The van der Waals surface area contributed by atoms with Crippen LogP contribution in [0.25, 0.3) is 0 Å². The predicted octanol–water partition coefficient (Wildman–Crippen LogP) is 3.59. The van der Waals surface area contributed by atoms with Gasteiger partial charge in [0.05, 0.1) is 10.6 Å². The van der Waals surface area contributed by atoms with Crippen LogP contribution >= 0.6 is 0 Å². The summed E-state index contributed by atoms with van der Waals surface area (Å²) in [6.07, 6.45) is 1.84. The van der Waals surface area contributed by atoms with Gasteiger partial charge in [0, 0.05) is 13.1 Å². The van der Waals surface area contributed by atoms with Gasteiger partial charge in [-0.25, -0.2) is 12.8 Å². The highest BCUT2D eigenvalue weighted by molar-refractivity contribution is 7.92. The fraction of sp³-hybridized carbons (Fsp3) is 0.381. The molecule has 7 heteroatoms. The third-order valence-electron chi connectivity index (χ3n) is 5.14. The highest BCUT2D eigenvalue weighted by Crippen LogP contribution is 2.25. The fourth-order valence-corrected chi connectivity index (χ4v) is 4.65. The maximum Gasteiger partial charge on any atom is 0.264 e. The lowest BCUT2D eigenvalue weighted by molar-refractivity contribution is -0.130. The summed E-state index contributed by atoms with van der Waals surface area (Å²) in [5, 5.41) is 0. The van der Waals surface area contributed by atoms with E-state index in [0.717, 1.165) is 34.8 Å². The maximum atomic E-state index is 13.3. The van der Waals surface area contributed by atoms with Crippen LogP contribution in [0.1, 0.15) is 25.3 Å². The largest absolute Gasteiger partial charge is 0.341 e. The van der Waals surface area contributed by atoms with Crippen molar-refractivity contribution in [1.82, 2.24) is 4.90 Å². The number of carbonyl (C=O) groups excluding carboxylic acids is 1. The first-order chi connectivity index (χ1) is 13.3. The first-order valence-electron chi connectivity index (χ1n) is 9.40. The van der Waals surface area contributed by atoms with Gasteiger partial charge in [0.15, 0.2) is 0 Å². The molecule has 0 radical (unpaired) electrons. The lowest BCUT2D eigenvalue weighted by Gasteiger charge is -2.32. The highest BCUT2D eigenvalue weighted by atomic mass is 32.2. The number of anilines is 1. The van der Waals surface area contributed by atoms with Crippen LogP contribution in [-0.2, 0) is 14.8 Å². The van der Waals surface area contributed by atoms with Crippen LogP contribution in [0, 0.1) is 18.7 Å². The monoisotopic (exact) mass is 404 g/mol. The molecule has 0 unspecified atom stereocenters. The molecule has 2 aromatic rings. The molecule has 3 rings (SSSR count). The summed E-state index contributed by atoms with van der Waals surface area (Å²) in [5.74, 6) is -0.169. The van der Waals surface area contributed by atoms with Crippen LogP contribution in [0.15, 0.2) is 53.4 Å². The van der Waals surface area contributed by atoms with Gasteiger partial charge in [-0.3, -0.25) is 9.10 Å². The number of halogens is 1. The molecule has 0 bridgehead atoms. The van der Waals surface area contributed by atoms with Crippen molar-refractivity contribution in [3.63, 3.8) is 0 Å². The minimum absolute atomic E-state index is 0.0467. The van der Waals surface area contributed by atoms with E-state index >= 15 is 0 Å². The number of carbonyl (C=O) groups is 1. The van der Waals surface area contributed by atoms with Crippen molar-refractivity contribution >= 4 is 21.6 Å². The molecule has 1 aliphatic rings. The van der Waals surface area contributed by atoms with Crippen LogP contribution in [0.2, 0.25) is 0 Å². The topological polar surface area (TPSA) is 57.7 Å². The third-order valence-corrected chi connectivity index (χ3v) is 6.93. The molecular weight excluding hydrogens is 379 g/mol. The normalized spacial score (nSPS) is 15.5. The highest BCUT2D eigenvalue weighted by Gasteiger charge is 2.30. The first-order valence-corrected chi connectivity index (χ1v) is 10.8. The smallest absolute Gasteiger partial charge is 0.264 e. The number of aryl methyl sites for hydroxylation is 1. The molecule has 1 aliphatic heterocycles. The minimum atomic E-state index is -4.01. The lowest BCUT2D eigenvalue weighted by atomic mass is 9.99. The van der Waals surface area contributed by atoms with Gasteiger partial charge in [-0.05, 0) is 62.1 Å². The van der Waals surface area contributed by atoms with Crippen molar-refractivity contribution in [1.29, 1.82) is 0 Å². The Hall–Kier alpha value is -2.41. The summed E-state index contributed by atoms with van der Waals surface area (Å²) in [6, 6.07) is 11.6. The summed E-state index contributed by atoms with van der Waals surface area (Å²) in [5.41, 5.74) is 1.40. The van der Waals surface area contributed by atoms with E-state index in [1.807, 2.05) is 6.92 Å². The Bertz CT molecular complexity index is 919. The molecule has 1 saturated heterocycles. The molecule has 5 nitrogen and oxygen atoms in total. The van der Waals surface area contributed by atoms with E-state index in [0.29, 0.717) is 24.7 Å². The summed E-state index contributed by atoms with van der Waals surface area (Å²) < 4.78 is 40.8.